The maximum atomic E-state index is 13.2. The monoisotopic (exact) mass is 389 g/mol. The number of fused-ring (bicyclic) bond motifs is 1. The summed E-state index contributed by atoms with van der Waals surface area (Å²) in [6.07, 6.45) is 0. The van der Waals surface area contributed by atoms with Crippen molar-refractivity contribution in [3.8, 4) is 11.1 Å². The lowest BCUT2D eigenvalue weighted by Crippen LogP contribution is -2.16. The number of halogens is 1. The number of nitrogens with one attached hydrogen (secondary N) is 1. The summed E-state index contributed by atoms with van der Waals surface area (Å²) < 4.78 is 5.92. The maximum absolute atomic E-state index is 13.2. The highest BCUT2D eigenvalue weighted by atomic mass is 35.5. The van der Waals surface area contributed by atoms with Crippen LogP contribution in [0.3, 0.4) is 0 Å². The number of para-hydroxylation sites is 1. The van der Waals surface area contributed by atoms with E-state index in [1.807, 2.05) is 31.2 Å². The number of anilines is 1. The number of rotatable bonds is 3. The molecule has 0 aliphatic rings. The van der Waals surface area contributed by atoms with Gasteiger partial charge in [-0.3, -0.25) is 14.9 Å². The van der Waals surface area contributed by atoms with Crippen LogP contribution in [0.15, 0.2) is 82.0 Å². The van der Waals surface area contributed by atoms with Crippen LogP contribution in [0.4, 0.5) is 5.88 Å². The first-order valence-electron chi connectivity index (χ1n) is 8.73. The largest absolute Gasteiger partial charge is 0.439 e. The van der Waals surface area contributed by atoms with Crippen LogP contribution in [0.25, 0.3) is 22.1 Å². The summed E-state index contributed by atoms with van der Waals surface area (Å²) in [6, 6.07) is 21.0. The molecule has 0 saturated carbocycles. The van der Waals surface area contributed by atoms with Gasteiger partial charge >= 0.3 is 0 Å². The number of benzene rings is 3. The van der Waals surface area contributed by atoms with Crippen molar-refractivity contribution in [2.45, 2.75) is 6.92 Å². The van der Waals surface area contributed by atoms with Gasteiger partial charge in [-0.2, -0.15) is 0 Å². The van der Waals surface area contributed by atoms with Crippen LogP contribution in [-0.4, -0.2) is 5.91 Å². The summed E-state index contributed by atoms with van der Waals surface area (Å²) in [6.45, 7) is 1.97. The van der Waals surface area contributed by atoms with Gasteiger partial charge in [0.2, 0.25) is 11.3 Å². The average Bonchev–Trinajstić information content (AvgIpc) is 2.70. The summed E-state index contributed by atoms with van der Waals surface area (Å²) in [5.41, 5.74) is 2.69. The van der Waals surface area contributed by atoms with Crippen molar-refractivity contribution < 1.29 is 9.21 Å². The van der Waals surface area contributed by atoms with Gasteiger partial charge in [-0.25, -0.2) is 0 Å². The van der Waals surface area contributed by atoms with Gasteiger partial charge in [0.1, 0.15) is 5.58 Å². The van der Waals surface area contributed by atoms with Crippen molar-refractivity contribution in [2.75, 3.05) is 5.32 Å². The second-order valence-electron chi connectivity index (χ2n) is 6.46. The van der Waals surface area contributed by atoms with E-state index >= 15 is 0 Å². The summed E-state index contributed by atoms with van der Waals surface area (Å²) in [5.74, 6) is -0.268. The fraction of sp³-hybridized carbons (Fsp3) is 0.0435. The molecule has 0 unspecified atom stereocenters. The molecule has 1 aromatic heterocycles. The number of hydrogen-bond acceptors (Lipinski definition) is 3. The van der Waals surface area contributed by atoms with Crippen molar-refractivity contribution in [3.63, 3.8) is 0 Å². The lowest BCUT2D eigenvalue weighted by Gasteiger charge is -2.12. The highest BCUT2D eigenvalue weighted by Crippen LogP contribution is 2.29. The fourth-order valence-corrected chi connectivity index (χ4v) is 3.11. The van der Waals surface area contributed by atoms with Crippen molar-refractivity contribution in [3.05, 3.63) is 99.2 Å². The molecule has 0 aliphatic carbocycles. The first-order valence-corrected chi connectivity index (χ1v) is 9.10. The molecule has 4 rings (SSSR count). The van der Waals surface area contributed by atoms with Crippen LogP contribution >= 0.6 is 11.6 Å². The van der Waals surface area contributed by atoms with E-state index in [0.717, 1.165) is 5.56 Å². The highest BCUT2D eigenvalue weighted by Gasteiger charge is 2.18. The molecule has 0 spiro atoms. The quantitative estimate of drug-likeness (QED) is 0.490. The van der Waals surface area contributed by atoms with Crippen molar-refractivity contribution >= 4 is 34.4 Å². The van der Waals surface area contributed by atoms with E-state index in [9.17, 15) is 9.59 Å². The minimum Gasteiger partial charge on any atom is -0.439 e. The number of hydrogen-bond donors (Lipinski definition) is 1. The zero-order valence-corrected chi connectivity index (χ0v) is 15.8. The van der Waals surface area contributed by atoms with E-state index in [1.165, 1.54) is 0 Å². The Balaban J connectivity index is 1.87. The number of carbonyl (C=O) groups excluding carboxylic acids is 1. The minimum atomic E-state index is -0.386. The summed E-state index contributed by atoms with van der Waals surface area (Å²) in [5, 5.41) is 3.74. The lowest BCUT2D eigenvalue weighted by molar-refractivity contribution is 0.102. The molecule has 0 aliphatic heterocycles. The van der Waals surface area contributed by atoms with Gasteiger partial charge in [-0.15, -0.1) is 0 Å². The third kappa shape index (κ3) is 3.42. The van der Waals surface area contributed by atoms with E-state index in [2.05, 4.69) is 5.32 Å². The Kier molecular flexibility index (Phi) is 4.72. The van der Waals surface area contributed by atoms with E-state index < -0.39 is 0 Å². The standard InChI is InChI=1S/C23H16ClNO3/c1-14-6-8-15(9-7-14)20-21(26)18-4-2-3-5-19(18)28-23(20)25-22(27)16-10-12-17(24)13-11-16/h2-13H,1H3,(H,25,27). The zero-order chi connectivity index (χ0) is 19.7. The smallest absolute Gasteiger partial charge is 0.257 e. The van der Waals surface area contributed by atoms with Crippen molar-refractivity contribution in [1.82, 2.24) is 0 Å². The Morgan fingerprint density at radius 1 is 0.929 bits per heavy atom. The normalized spacial score (nSPS) is 10.8. The molecule has 0 fully saturated rings. The van der Waals surface area contributed by atoms with Gasteiger partial charge in [0, 0.05) is 10.6 Å². The molecule has 0 bridgehead atoms. The van der Waals surface area contributed by atoms with Gasteiger partial charge in [0.05, 0.1) is 10.9 Å². The summed E-state index contributed by atoms with van der Waals surface area (Å²) in [4.78, 5) is 25.9. The molecule has 4 nitrogen and oxygen atoms in total. The van der Waals surface area contributed by atoms with E-state index in [-0.39, 0.29) is 17.2 Å². The number of aryl methyl sites for hydroxylation is 1. The second kappa shape index (κ2) is 7.33. The second-order valence-corrected chi connectivity index (χ2v) is 6.89. The van der Waals surface area contributed by atoms with E-state index in [4.69, 9.17) is 16.0 Å². The minimum absolute atomic E-state index is 0.118. The van der Waals surface area contributed by atoms with Crippen LogP contribution in [0.5, 0.6) is 0 Å². The van der Waals surface area contributed by atoms with Gasteiger partial charge in [0.15, 0.2) is 0 Å². The Labute approximate surface area is 166 Å². The van der Waals surface area contributed by atoms with Gasteiger partial charge < -0.3 is 4.42 Å². The van der Waals surface area contributed by atoms with Gasteiger partial charge in [-0.05, 0) is 48.9 Å². The van der Waals surface area contributed by atoms with E-state index in [0.29, 0.717) is 32.7 Å². The summed E-state index contributed by atoms with van der Waals surface area (Å²) >= 11 is 5.89. The Morgan fingerprint density at radius 3 is 2.32 bits per heavy atom. The topological polar surface area (TPSA) is 59.3 Å². The Hall–Kier alpha value is -3.37. The SMILES string of the molecule is Cc1ccc(-c2c(NC(=O)c3ccc(Cl)cc3)oc3ccccc3c2=O)cc1. The van der Waals surface area contributed by atoms with Crippen LogP contribution in [0.1, 0.15) is 15.9 Å². The molecule has 3 aromatic carbocycles. The van der Waals surface area contributed by atoms with Gasteiger partial charge in [-0.1, -0.05) is 53.6 Å². The molecule has 0 atom stereocenters. The van der Waals surface area contributed by atoms with Crippen LogP contribution in [0.2, 0.25) is 5.02 Å². The highest BCUT2D eigenvalue weighted by molar-refractivity contribution is 6.30. The number of amides is 1. The maximum Gasteiger partial charge on any atom is 0.257 e. The molecule has 0 saturated heterocycles. The third-order valence-electron chi connectivity index (χ3n) is 4.47. The van der Waals surface area contributed by atoms with Crippen LogP contribution < -0.4 is 10.7 Å². The molecule has 1 N–H and O–H groups in total. The van der Waals surface area contributed by atoms with Crippen molar-refractivity contribution in [2.24, 2.45) is 0 Å². The fourth-order valence-electron chi connectivity index (χ4n) is 2.99. The molecular weight excluding hydrogens is 374 g/mol. The molecule has 28 heavy (non-hydrogen) atoms. The molecular formula is C23H16ClNO3. The first kappa shape index (κ1) is 18.0. The van der Waals surface area contributed by atoms with Gasteiger partial charge in [0.25, 0.3) is 5.91 Å². The predicted octanol–water partition coefficient (Wildman–Crippen LogP) is 5.67. The lowest BCUT2D eigenvalue weighted by atomic mass is 10.0. The molecule has 5 heteroatoms. The molecule has 0 radical (unpaired) electrons. The predicted molar refractivity (Wildman–Crippen MR) is 112 cm³/mol. The Morgan fingerprint density at radius 2 is 1.61 bits per heavy atom. The molecule has 4 aromatic rings. The molecule has 138 valence electrons. The first-order chi connectivity index (χ1) is 13.5. The summed E-state index contributed by atoms with van der Waals surface area (Å²) in [7, 11) is 0. The Bertz CT molecular complexity index is 1230. The van der Waals surface area contributed by atoms with Crippen LogP contribution in [0, 0.1) is 6.92 Å². The zero-order valence-electron chi connectivity index (χ0n) is 15.0. The molecule has 1 heterocycles. The number of carbonyl (C=O) groups is 1. The molecule has 1 amide bonds. The van der Waals surface area contributed by atoms with Crippen molar-refractivity contribution in [1.29, 1.82) is 0 Å². The average molecular weight is 390 g/mol. The van der Waals surface area contributed by atoms with E-state index in [1.54, 1.807) is 48.5 Å². The third-order valence-corrected chi connectivity index (χ3v) is 4.72. The van der Waals surface area contributed by atoms with Crippen LogP contribution in [-0.2, 0) is 0 Å².